The van der Waals surface area contributed by atoms with Crippen molar-refractivity contribution < 1.29 is 14.3 Å². The van der Waals surface area contributed by atoms with E-state index in [0.717, 1.165) is 28.2 Å². The maximum Gasteiger partial charge on any atom is 0.268 e. The van der Waals surface area contributed by atoms with Gasteiger partial charge in [0, 0.05) is 0 Å². The molecule has 1 heterocycles. The van der Waals surface area contributed by atoms with E-state index in [1.165, 1.54) is 16.7 Å². The van der Waals surface area contributed by atoms with Gasteiger partial charge in [-0.2, -0.15) is 0 Å². The molecule has 3 rings (SSSR count). The molecular weight excluding hydrogens is 358 g/mol. The fourth-order valence-electron chi connectivity index (χ4n) is 2.99. The number of ether oxygens (including phenoxy) is 1. The molecule has 4 nitrogen and oxygen atoms in total. The van der Waals surface area contributed by atoms with Crippen molar-refractivity contribution in [2.45, 2.75) is 27.3 Å². The van der Waals surface area contributed by atoms with E-state index in [1.807, 2.05) is 69.3 Å². The third-order valence-electron chi connectivity index (χ3n) is 4.33. The van der Waals surface area contributed by atoms with Gasteiger partial charge in [-0.1, -0.05) is 48.9 Å². The molecule has 0 saturated heterocycles. The van der Waals surface area contributed by atoms with Gasteiger partial charge in [0.2, 0.25) is 0 Å². The summed E-state index contributed by atoms with van der Waals surface area (Å²) in [5.41, 5.74) is 3.32. The number of amides is 2. The van der Waals surface area contributed by atoms with Gasteiger partial charge < -0.3 is 4.74 Å². The van der Waals surface area contributed by atoms with Crippen molar-refractivity contribution in [3.05, 3.63) is 70.1 Å². The van der Waals surface area contributed by atoms with Crippen molar-refractivity contribution in [3.8, 4) is 5.75 Å². The molecule has 0 aliphatic carbocycles. The molecule has 1 aliphatic rings. The highest BCUT2D eigenvalue weighted by atomic mass is 32.2. The number of carbonyl (C=O) groups excluding carboxylic acids is 2. The summed E-state index contributed by atoms with van der Waals surface area (Å²) in [6.07, 6.45) is 0. The van der Waals surface area contributed by atoms with Crippen molar-refractivity contribution in [1.82, 2.24) is 4.90 Å². The monoisotopic (exact) mass is 381 g/mol. The molecule has 0 bridgehead atoms. The van der Waals surface area contributed by atoms with E-state index in [2.05, 4.69) is 0 Å². The van der Waals surface area contributed by atoms with Gasteiger partial charge in [0.1, 0.15) is 5.75 Å². The lowest BCUT2D eigenvalue weighted by Crippen LogP contribution is -2.30. The van der Waals surface area contributed by atoms with E-state index in [9.17, 15) is 9.59 Å². The second kappa shape index (κ2) is 8.44. The number of benzene rings is 2. The van der Waals surface area contributed by atoms with Crippen LogP contribution >= 0.6 is 11.8 Å². The minimum atomic E-state index is -0.235. The number of hydrogen-bond donors (Lipinski definition) is 0. The molecule has 0 atom stereocenters. The van der Waals surface area contributed by atoms with Crippen LogP contribution in [0.1, 0.15) is 30.5 Å². The molecular formula is C22H23NO3S. The van der Waals surface area contributed by atoms with E-state index in [-0.39, 0.29) is 18.4 Å². The standard InChI is InChI=1S/C22H23NO3S/c1-4-26-18-12-10-17(11-13-18)19-20(27-5-2)22(25)23(21(19)24)14-16-8-6-15(3)7-9-16/h6-13H,4-5,14H2,1-3H3. The third-order valence-corrected chi connectivity index (χ3v) is 5.29. The number of imide groups is 1. The zero-order valence-corrected chi connectivity index (χ0v) is 16.6. The SMILES string of the molecule is CCOc1ccc(C2=C(SCC)C(=O)N(Cc3ccc(C)cc3)C2=O)cc1. The van der Waals surface area contributed by atoms with Gasteiger partial charge in [-0.05, 0) is 42.9 Å². The summed E-state index contributed by atoms with van der Waals surface area (Å²) < 4.78 is 5.47. The number of rotatable bonds is 7. The fourth-order valence-corrected chi connectivity index (χ4v) is 3.86. The molecule has 0 fully saturated rings. The van der Waals surface area contributed by atoms with Crippen molar-refractivity contribution in [2.75, 3.05) is 12.4 Å². The minimum Gasteiger partial charge on any atom is -0.494 e. The molecule has 140 valence electrons. The molecule has 27 heavy (non-hydrogen) atoms. The number of nitrogens with zero attached hydrogens (tertiary/aromatic N) is 1. The van der Waals surface area contributed by atoms with Gasteiger partial charge in [-0.3, -0.25) is 14.5 Å². The van der Waals surface area contributed by atoms with Gasteiger partial charge >= 0.3 is 0 Å². The van der Waals surface area contributed by atoms with E-state index in [0.29, 0.717) is 17.1 Å². The van der Waals surface area contributed by atoms with Gasteiger partial charge in [-0.15, -0.1) is 11.8 Å². The van der Waals surface area contributed by atoms with Gasteiger partial charge in [0.05, 0.1) is 23.6 Å². The Morgan fingerprint density at radius 2 is 1.59 bits per heavy atom. The lowest BCUT2D eigenvalue weighted by molar-refractivity contribution is -0.137. The van der Waals surface area contributed by atoms with E-state index in [1.54, 1.807) is 0 Å². The van der Waals surface area contributed by atoms with Crippen LogP contribution in [0.25, 0.3) is 5.57 Å². The second-order valence-corrected chi connectivity index (χ2v) is 7.55. The van der Waals surface area contributed by atoms with Crippen LogP contribution in [0.2, 0.25) is 0 Å². The molecule has 2 aromatic rings. The molecule has 0 saturated carbocycles. The van der Waals surface area contributed by atoms with Crippen LogP contribution in [0.3, 0.4) is 0 Å². The smallest absolute Gasteiger partial charge is 0.268 e. The van der Waals surface area contributed by atoms with Crippen LogP contribution in [0.5, 0.6) is 5.75 Å². The maximum atomic E-state index is 13.1. The van der Waals surface area contributed by atoms with Crippen LogP contribution < -0.4 is 4.74 Å². The molecule has 0 N–H and O–H groups in total. The normalized spacial score (nSPS) is 14.3. The van der Waals surface area contributed by atoms with Crippen LogP contribution in [-0.2, 0) is 16.1 Å². The van der Waals surface area contributed by atoms with E-state index < -0.39 is 0 Å². The third kappa shape index (κ3) is 4.08. The van der Waals surface area contributed by atoms with Gasteiger partial charge in [0.25, 0.3) is 11.8 Å². The first kappa shape index (κ1) is 19.2. The predicted molar refractivity (Wildman–Crippen MR) is 109 cm³/mol. The van der Waals surface area contributed by atoms with E-state index in [4.69, 9.17) is 4.74 Å². The van der Waals surface area contributed by atoms with Crippen molar-refractivity contribution >= 4 is 29.1 Å². The summed E-state index contributed by atoms with van der Waals surface area (Å²) in [5, 5.41) is 0. The molecule has 0 unspecified atom stereocenters. The summed E-state index contributed by atoms with van der Waals surface area (Å²) in [6.45, 7) is 6.78. The number of carbonyl (C=O) groups is 2. The fraction of sp³-hybridized carbons (Fsp3) is 0.273. The minimum absolute atomic E-state index is 0.212. The Kier molecular flexibility index (Phi) is 6.01. The zero-order valence-electron chi connectivity index (χ0n) is 15.8. The van der Waals surface area contributed by atoms with E-state index >= 15 is 0 Å². The van der Waals surface area contributed by atoms with Crippen molar-refractivity contribution in [3.63, 3.8) is 0 Å². The highest BCUT2D eigenvalue weighted by Gasteiger charge is 2.38. The number of aryl methyl sites for hydroxylation is 1. The Balaban J connectivity index is 1.91. The number of hydrogen-bond acceptors (Lipinski definition) is 4. The summed E-state index contributed by atoms with van der Waals surface area (Å²) >= 11 is 1.42. The average molecular weight is 381 g/mol. The predicted octanol–water partition coefficient (Wildman–Crippen LogP) is 4.43. The van der Waals surface area contributed by atoms with Crippen LogP contribution in [0.15, 0.2) is 53.4 Å². The highest BCUT2D eigenvalue weighted by molar-refractivity contribution is 8.04. The number of thioether (sulfide) groups is 1. The maximum absolute atomic E-state index is 13.1. The first-order valence-corrected chi connectivity index (χ1v) is 10.1. The second-order valence-electron chi connectivity index (χ2n) is 6.28. The summed E-state index contributed by atoms with van der Waals surface area (Å²) in [7, 11) is 0. The Hall–Kier alpha value is -2.53. The molecule has 0 spiro atoms. The van der Waals surface area contributed by atoms with Gasteiger partial charge in [-0.25, -0.2) is 0 Å². The van der Waals surface area contributed by atoms with Crippen LogP contribution in [0.4, 0.5) is 0 Å². The molecule has 2 amide bonds. The zero-order chi connectivity index (χ0) is 19.4. The van der Waals surface area contributed by atoms with Gasteiger partial charge in [0.15, 0.2) is 0 Å². The first-order chi connectivity index (χ1) is 13.0. The molecule has 0 aromatic heterocycles. The molecule has 5 heteroatoms. The molecule has 0 radical (unpaired) electrons. The molecule has 2 aromatic carbocycles. The summed E-state index contributed by atoms with van der Waals surface area (Å²) in [5.74, 6) is 1.03. The quantitative estimate of drug-likeness (QED) is 0.666. The topological polar surface area (TPSA) is 46.6 Å². The highest BCUT2D eigenvalue weighted by Crippen LogP contribution is 2.37. The lowest BCUT2D eigenvalue weighted by atomic mass is 10.1. The van der Waals surface area contributed by atoms with Crippen LogP contribution in [-0.4, -0.2) is 29.1 Å². The summed E-state index contributed by atoms with van der Waals surface area (Å²) in [6, 6.07) is 15.2. The Labute approximate surface area is 164 Å². The van der Waals surface area contributed by atoms with Crippen LogP contribution in [0, 0.1) is 6.92 Å². The van der Waals surface area contributed by atoms with Crippen molar-refractivity contribution in [1.29, 1.82) is 0 Å². The lowest BCUT2D eigenvalue weighted by Gasteiger charge is -2.15. The first-order valence-electron chi connectivity index (χ1n) is 9.07. The average Bonchev–Trinajstić information content (AvgIpc) is 2.89. The van der Waals surface area contributed by atoms with Crippen molar-refractivity contribution in [2.24, 2.45) is 0 Å². The Morgan fingerprint density at radius 1 is 0.926 bits per heavy atom. The largest absolute Gasteiger partial charge is 0.494 e. The Bertz CT molecular complexity index is 869. The molecule has 1 aliphatic heterocycles. The summed E-state index contributed by atoms with van der Waals surface area (Å²) in [4.78, 5) is 27.9. The Morgan fingerprint density at radius 3 is 2.19 bits per heavy atom.